The Balaban J connectivity index is 1.99. The average Bonchev–Trinajstić information content (AvgIpc) is 2.57. The second-order valence-electron chi connectivity index (χ2n) is 5.30. The normalized spacial score (nSPS) is 10.5. The molecule has 0 aromatic heterocycles. The summed E-state index contributed by atoms with van der Waals surface area (Å²) in [4.78, 5) is 27.3. The van der Waals surface area contributed by atoms with Gasteiger partial charge in [0.15, 0.2) is 0 Å². The predicted molar refractivity (Wildman–Crippen MR) is 97.2 cm³/mol. The Hall–Kier alpha value is -2.31. The maximum Gasteiger partial charge on any atom is 0.238 e. The summed E-state index contributed by atoms with van der Waals surface area (Å²) >= 11 is 1.60. The topological polar surface area (TPSA) is 61.4 Å². The van der Waals surface area contributed by atoms with Crippen LogP contribution < -0.4 is 10.6 Å². The van der Waals surface area contributed by atoms with Crippen molar-refractivity contribution in [2.45, 2.75) is 9.79 Å². The molecule has 0 fully saturated rings. The molecule has 0 aliphatic rings. The van der Waals surface area contributed by atoms with E-state index in [-0.39, 0.29) is 24.9 Å². The molecule has 0 radical (unpaired) electrons. The van der Waals surface area contributed by atoms with Gasteiger partial charge in [0.1, 0.15) is 0 Å². The van der Waals surface area contributed by atoms with Crippen molar-refractivity contribution in [1.29, 1.82) is 0 Å². The molecule has 0 saturated heterocycles. The smallest absolute Gasteiger partial charge is 0.238 e. The number of hydrogen-bond donors (Lipinski definition) is 2. The summed E-state index contributed by atoms with van der Waals surface area (Å²) in [6.07, 6.45) is 0. The van der Waals surface area contributed by atoms with Gasteiger partial charge in [-0.1, -0.05) is 42.1 Å². The molecular formula is C18H21N3O2S. The molecule has 0 heterocycles. The fraction of sp³-hybridized carbons (Fsp3) is 0.222. The lowest BCUT2D eigenvalue weighted by molar-refractivity contribution is -0.122. The van der Waals surface area contributed by atoms with Crippen LogP contribution in [-0.2, 0) is 9.59 Å². The number of nitrogens with zero attached hydrogens (tertiary/aromatic N) is 1. The molecule has 2 N–H and O–H groups in total. The van der Waals surface area contributed by atoms with Gasteiger partial charge in [0.05, 0.1) is 18.8 Å². The largest absolute Gasteiger partial charge is 0.358 e. The quantitative estimate of drug-likeness (QED) is 0.811. The van der Waals surface area contributed by atoms with E-state index < -0.39 is 0 Å². The standard InChI is InChI=1S/C18H21N3O2S/c1-19-17(22)12-21(2)13-18(23)20-15-10-6-7-11-16(15)24-14-8-4-3-5-9-14/h3-11H,12-13H2,1-2H3,(H,19,22)(H,20,23). The van der Waals surface area contributed by atoms with Gasteiger partial charge in [-0.2, -0.15) is 0 Å². The number of carbonyl (C=O) groups excluding carboxylic acids is 2. The van der Waals surface area contributed by atoms with Crippen LogP contribution in [0.25, 0.3) is 0 Å². The Morgan fingerprint density at radius 3 is 2.29 bits per heavy atom. The first kappa shape index (κ1) is 18.0. The Bertz CT molecular complexity index is 692. The second-order valence-corrected chi connectivity index (χ2v) is 6.42. The van der Waals surface area contributed by atoms with Crippen molar-refractivity contribution in [2.75, 3.05) is 32.5 Å². The highest BCUT2D eigenvalue weighted by Crippen LogP contribution is 2.33. The minimum Gasteiger partial charge on any atom is -0.358 e. The van der Waals surface area contributed by atoms with E-state index >= 15 is 0 Å². The second kappa shape index (κ2) is 9.10. The number of anilines is 1. The van der Waals surface area contributed by atoms with Crippen molar-refractivity contribution >= 4 is 29.3 Å². The van der Waals surface area contributed by atoms with Gasteiger partial charge in [0.25, 0.3) is 0 Å². The zero-order valence-electron chi connectivity index (χ0n) is 13.8. The van der Waals surface area contributed by atoms with Crippen molar-refractivity contribution in [3.05, 3.63) is 54.6 Å². The molecule has 6 heteroatoms. The lowest BCUT2D eigenvalue weighted by Crippen LogP contribution is -2.37. The van der Waals surface area contributed by atoms with E-state index in [1.807, 2.05) is 54.6 Å². The van der Waals surface area contributed by atoms with Gasteiger partial charge in [0, 0.05) is 16.8 Å². The lowest BCUT2D eigenvalue weighted by atomic mass is 10.3. The average molecular weight is 343 g/mol. The molecule has 0 bridgehead atoms. The third-order valence-corrected chi connectivity index (χ3v) is 4.32. The van der Waals surface area contributed by atoms with Gasteiger partial charge in [-0.25, -0.2) is 0 Å². The van der Waals surface area contributed by atoms with E-state index in [9.17, 15) is 9.59 Å². The molecule has 0 atom stereocenters. The zero-order chi connectivity index (χ0) is 17.4. The lowest BCUT2D eigenvalue weighted by Gasteiger charge is -2.16. The van der Waals surface area contributed by atoms with Gasteiger partial charge in [-0.15, -0.1) is 0 Å². The molecule has 126 valence electrons. The van der Waals surface area contributed by atoms with Gasteiger partial charge < -0.3 is 10.6 Å². The molecule has 0 unspecified atom stereocenters. The SMILES string of the molecule is CNC(=O)CN(C)CC(=O)Nc1ccccc1Sc1ccccc1. The van der Waals surface area contributed by atoms with E-state index in [0.29, 0.717) is 0 Å². The number of likely N-dealkylation sites (N-methyl/N-ethyl adjacent to an activating group) is 2. The number of rotatable bonds is 7. The van der Waals surface area contributed by atoms with E-state index in [1.54, 1.807) is 30.8 Å². The molecule has 0 spiro atoms. The first-order valence-electron chi connectivity index (χ1n) is 7.59. The fourth-order valence-electron chi connectivity index (χ4n) is 2.09. The molecule has 24 heavy (non-hydrogen) atoms. The van der Waals surface area contributed by atoms with Crippen LogP contribution in [-0.4, -0.2) is 43.9 Å². The van der Waals surface area contributed by atoms with Crippen molar-refractivity contribution in [2.24, 2.45) is 0 Å². The first-order chi connectivity index (χ1) is 11.6. The third kappa shape index (κ3) is 5.72. The van der Waals surface area contributed by atoms with Crippen LogP contribution in [0.15, 0.2) is 64.4 Å². The number of nitrogens with one attached hydrogen (secondary N) is 2. The van der Waals surface area contributed by atoms with E-state index in [1.165, 1.54) is 0 Å². The van der Waals surface area contributed by atoms with Crippen molar-refractivity contribution in [1.82, 2.24) is 10.2 Å². The summed E-state index contributed by atoms with van der Waals surface area (Å²) in [5.41, 5.74) is 0.768. The molecule has 2 amide bonds. The molecular weight excluding hydrogens is 322 g/mol. The maximum atomic E-state index is 12.2. The number of hydrogen-bond acceptors (Lipinski definition) is 4. The van der Waals surface area contributed by atoms with Crippen LogP contribution >= 0.6 is 11.8 Å². The Labute approximate surface area is 146 Å². The number of carbonyl (C=O) groups is 2. The van der Waals surface area contributed by atoms with Crippen molar-refractivity contribution in [3.63, 3.8) is 0 Å². The van der Waals surface area contributed by atoms with E-state index in [2.05, 4.69) is 10.6 Å². The number of benzene rings is 2. The Morgan fingerprint density at radius 1 is 0.958 bits per heavy atom. The highest BCUT2D eigenvalue weighted by Gasteiger charge is 2.12. The highest BCUT2D eigenvalue weighted by atomic mass is 32.2. The molecule has 0 aliphatic heterocycles. The maximum absolute atomic E-state index is 12.2. The summed E-state index contributed by atoms with van der Waals surface area (Å²) in [5.74, 6) is -0.271. The molecule has 5 nitrogen and oxygen atoms in total. The van der Waals surface area contributed by atoms with Gasteiger partial charge in [-0.05, 0) is 31.3 Å². The summed E-state index contributed by atoms with van der Waals surface area (Å²) < 4.78 is 0. The Morgan fingerprint density at radius 2 is 1.58 bits per heavy atom. The van der Waals surface area contributed by atoms with Crippen LogP contribution in [0.2, 0.25) is 0 Å². The molecule has 2 aromatic rings. The summed E-state index contributed by atoms with van der Waals surface area (Å²) in [6.45, 7) is 0.335. The van der Waals surface area contributed by atoms with Gasteiger partial charge >= 0.3 is 0 Å². The molecule has 0 saturated carbocycles. The van der Waals surface area contributed by atoms with Gasteiger partial charge in [-0.3, -0.25) is 14.5 Å². The number of amides is 2. The summed E-state index contributed by atoms with van der Waals surface area (Å²) in [7, 11) is 3.31. The van der Waals surface area contributed by atoms with Crippen LogP contribution in [0.3, 0.4) is 0 Å². The minimum atomic E-state index is -0.150. The van der Waals surface area contributed by atoms with Crippen LogP contribution in [0.5, 0.6) is 0 Å². The van der Waals surface area contributed by atoms with Crippen LogP contribution in [0, 0.1) is 0 Å². The summed E-state index contributed by atoms with van der Waals surface area (Å²) in [5, 5.41) is 5.46. The van der Waals surface area contributed by atoms with Crippen LogP contribution in [0.1, 0.15) is 0 Å². The first-order valence-corrected chi connectivity index (χ1v) is 8.41. The van der Waals surface area contributed by atoms with Crippen molar-refractivity contribution < 1.29 is 9.59 Å². The highest BCUT2D eigenvalue weighted by molar-refractivity contribution is 7.99. The van der Waals surface area contributed by atoms with E-state index in [4.69, 9.17) is 0 Å². The predicted octanol–water partition coefficient (Wildman–Crippen LogP) is 2.45. The van der Waals surface area contributed by atoms with E-state index in [0.717, 1.165) is 15.5 Å². The zero-order valence-corrected chi connectivity index (χ0v) is 14.6. The molecule has 2 rings (SSSR count). The third-order valence-electron chi connectivity index (χ3n) is 3.24. The minimum absolute atomic E-state index is 0.120. The number of para-hydroxylation sites is 1. The van der Waals surface area contributed by atoms with Gasteiger partial charge in [0.2, 0.25) is 11.8 Å². The van der Waals surface area contributed by atoms with Crippen molar-refractivity contribution in [3.8, 4) is 0 Å². The van der Waals surface area contributed by atoms with Crippen LogP contribution in [0.4, 0.5) is 5.69 Å². The monoisotopic (exact) mass is 343 g/mol. The molecule has 0 aliphatic carbocycles. The summed E-state index contributed by atoms with van der Waals surface area (Å²) in [6, 6.07) is 17.7. The molecule has 2 aromatic carbocycles. The fourth-order valence-corrected chi connectivity index (χ4v) is 3.01. The Kier molecular flexibility index (Phi) is 6.84.